The second-order valence-corrected chi connectivity index (χ2v) is 6.46. The van der Waals surface area contributed by atoms with Crippen molar-refractivity contribution in [1.82, 2.24) is 15.4 Å². The lowest BCUT2D eigenvalue weighted by Gasteiger charge is -2.13. The van der Waals surface area contributed by atoms with Gasteiger partial charge in [-0.05, 0) is 24.7 Å². The number of aliphatic imine (C=N–C) groups is 1. The van der Waals surface area contributed by atoms with E-state index in [1.54, 1.807) is 12.1 Å². The molecule has 0 atom stereocenters. The molecule has 24 heavy (non-hydrogen) atoms. The molecule has 138 valence electrons. The predicted molar refractivity (Wildman–Crippen MR) is 97.0 cm³/mol. The van der Waals surface area contributed by atoms with Gasteiger partial charge in [0.1, 0.15) is 0 Å². The highest BCUT2D eigenvalue weighted by Crippen LogP contribution is 2.18. The molecule has 0 radical (unpaired) electrons. The zero-order valence-corrected chi connectivity index (χ0v) is 16.3. The fourth-order valence-electron chi connectivity index (χ4n) is 1.63. The van der Waals surface area contributed by atoms with Crippen molar-refractivity contribution in [1.29, 1.82) is 0 Å². The largest absolute Gasteiger partial charge is 0.390 e. The van der Waals surface area contributed by atoms with E-state index in [9.17, 15) is 21.6 Å². The van der Waals surface area contributed by atoms with E-state index in [1.807, 2.05) is 0 Å². The molecule has 0 aliphatic carbocycles. The third-order valence-electron chi connectivity index (χ3n) is 2.89. The molecule has 0 fully saturated rings. The SMILES string of the molecule is CN=C(NCCC(F)(F)F)NCc1ccc(S(=O)(=O)NC)cc1.I. The first-order valence-electron chi connectivity index (χ1n) is 6.71. The van der Waals surface area contributed by atoms with Gasteiger partial charge in [0.25, 0.3) is 0 Å². The molecule has 1 aromatic rings. The Bertz CT molecular complexity index is 634. The summed E-state index contributed by atoms with van der Waals surface area (Å²) < 4.78 is 61.6. The van der Waals surface area contributed by atoms with Crippen molar-refractivity contribution in [3.05, 3.63) is 29.8 Å². The van der Waals surface area contributed by atoms with Crippen molar-refractivity contribution in [3.63, 3.8) is 0 Å². The van der Waals surface area contributed by atoms with Crippen LogP contribution >= 0.6 is 24.0 Å². The second kappa shape index (κ2) is 10.0. The monoisotopic (exact) mass is 480 g/mol. The summed E-state index contributed by atoms with van der Waals surface area (Å²) >= 11 is 0. The number of hydrogen-bond donors (Lipinski definition) is 3. The number of sulfonamides is 1. The van der Waals surface area contributed by atoms with E-state index < -0.39 is 22.6 Å². The third-order valence-corrected chi connectivity index (χ3v) is 4.32. The van der Waals surface area contributed by atoms with Crippen molar-refractivity contribution in [3.8, 4) is 0 Å². The molecule has 6 nitrogen and oxygen atoms in total. The number of guanidine groups is 1. The molecule has 0 amide bonds. The minimum atomic E-state index is -4.22. The zero-order valence-electron chi connectivity index (χ0n) is 13.1. The Morgan fingerprint density at radius 2 is 1.75 bits per heavy atom. The number of benzene rings is 1. The van der Waals surface area contributed by atoms with Crippen LogP contribution in [0, 0.1) is 0 Å². The van der Waals surface area contributed by atoms with Crippen LogP contribution in [0.2, 0.25) is 0 Å². The Hall–Kier alpha value is -1.08. The van der Waals surface area contributed by atoms with Gasteiger partial charge in [0.05, 0.1) is 11.3 Å². The Labute approximate surface area is 156 Å². The van der Waals surface area contributed by atoms with E-state index in [1.165, 1.54) is 26.2 Å². The smallest absolute Gasteiger partial charge is 0.356 e. The number of alkyl halides is 3. The molecular weight excluding hydrogens is 460 g/mol. The third kappa shape index (κ3) is 8.15. The molecule has 1 aromatic carbocycles. The zero-order chi connectivity index (χ0) is 17.5. The molecular formula is C13H20F3IN4O2S. The van der Waals surface area contributed by atoms with Crippen LogP contribution in [-0.2, 0) is 16.6 Å². The summed E-state index contributed by atoms with van der Waals surface area (Å²) in [6.45, 7) is 0.0219. The van der Waals surface area contributed by atoms with Gasteiger partial charge in [-0.2, -0.15) is 13.2 Å². The fourth-order valence-corrected chi connectivity index (χ4v) is 2.36. The molecule has 0 aliphatic heterocycles. The van der Waals surface area contributed by atoms with Crippen LogP contribution in [0.5, 0.6) is 0 Å². The number of nitrogens with one attached hydrogen (secondary N) is 3. The number of hydrogen-bond acceptors (Lipinski definition) is 3. The Kier molecular flexibility index (Phi) is 9.58. The summed E-state index contributed by atoms with van der Waals surface area (Å²) in [5, 5.41) is 5.40. The van der Waals surface area contributed by atoms with Crippen molar-refractivity contribution in [2.75, 3.05) is 20.6 Å². The highest BCUT2D eigenvalue weighted by atomic mass is 127. The van der Waals surface area contributed by atoms with Gasteiger partial charge in [-0.25, -0.2) is 13.1 Å². The molecule has 3 N–H and O–H groups in total. The normalized spacial score (nSPS) is 12.5. The van der Waals surface area contributed by atoms with E-state index in [4.69, 9.17) is 0 Å². The van der Waals surface area contributed by atoms with Gasteiger partial charge >= 0.3 is 6.18 Å². The first-order chi connectivity index (χ1) is 10.7. The first kappa shape index (κ1) is 22.9. The highest BCUT2D eigenvalue weighted by molar-refractivity contribution is 14.0. The quantitative estimate of drug-likeness (QED) is 0.330. The maximum absolute atomic E-state index is 12.1. The van der Waals surface area contributed by atoms with Crippen LogP contribution in [0.1, 0.15) is 12.0 Å². The van der Waals surface area contributed by atoms with Crippen molar-refractivity contribution < 1.29 is 21.6 Å². The topological polar surface area (TPSA) is 82.6 Å². The van der Waals surface area contributed by atoms with Crippen LogP contribution in [0.4, 0.5) is 13.2 Å². The molecule has 0 bridgehead atoms. The number of halogens is 4. The Morgan fingerprint density at radius 1 is 1.17 bits per heavy atom. The summed E-state index contributed by atoms with van der Waals surface area (Å²) in [5.41, 5.74) is 0.763. The molecule has 0 saturated heterocycles. The molecule has 0 heterocycles. The molecule has 11 heteroatoms. The lowest BCUT2D eigenvalue weighted by molar-refractivity contribution is -0.132. The molecule has 0 spiro atoms. The van der Waals surface area contributed by atoms with Crippen LogP contribution < -0.4 is 15.4 Å². The summed E-state index contributed by atoms with van der Waals surface area (Å²) in [6.07, 6.45) is -5.18. The molecule has 0 saturated carbocycles. The van der Waals surface area contributed by atoms with E-state index in [2.05, 4.69) is 20.3 Å². The van der Waals surface area contributed by atoms with E-state index >= 15 is 0 Å². The predicted octanol–water partition coefficient (Wildman–Crippen LogP) is 1.83. The standard InChI is InChI=1S/C13H19F3N4O2S.HI/c1-17-12(19-8-7-13(14,15)16)20-9-10-3-5-11(6-4-10)23(21,22)18-2;/h3-6,18H,7-9H2,1-2H3,(H2,17,19,20);1H. The minimum absolute atomic E-state index is 0. The van der Waals surface area contributed by atoms with Gasteiger partial charge in [0, 0.05) is 20.1 Å². The molecule has 1 rings (SSSR count). The van der Waals surface area contributed by atoms with Crippen LogP contribution in [0.3, 0.4) is 0 Å². The van der Waals surface area contributed by atoms with Crippen molar-refractivity contribution in [2.24, 2.45) is 4.99 Å². The summed E-state index contributed by atoms with van der Waals surface area (Å²) in [6, 6.07) is 6.12. The maximum Gasteiger partial charge on any atom is 0.390 e. The highest BCUT2D eigenvalue weighted by Gasteiger charge is 2.26. The van der Waals surface area contributed by atoms with Gasteiger partial charge in [-0.15, -0.1) is 24.0 Å². The first-order valence-corrected chi connectivity index (χ1v) is 8.20. The van der Waals surface area contributed by atoms with Gasteiger partial charge < -0.3 is 10.6 Å². The van der Waals surface area contributed by atoms with Gasteiger partial charge in [-0.3, -0.25) is 4.99 Å². The van der Waals surface area contributed by atoms with Crippen molar-refractivity contribution in [2.45, 2.75) is 24.0 Å². The summed E-state index contributed by atoms with van der Waals surface area (Å²) in [5.74, 6) is 0.237. The maximum atomic E-state index is 12.1. The Balaban J connectivity index is 0.00000529. The Morgan fingerprint density at radius 3 is 2.21 bits per heavy atom. The molecule has 0 unspecified atom stereocenters. The average Bonchev–Trinajstić information content (AvgIpc) is 2.50. The van der Waals surface area contributed by atoms with E-state index in [0.717, 1.165) is 5.56 Å². The fraction of sp³-hybridized carbons (Fsp3) is 0.462. The van der Waals surface area contributed by atoms with Crippen LogP contribution in [-0.4, -0.2) is 41.2 Å². The molecule has 0 aromatic heterocycles. The summed E-state index contributed by atoms with van der Waals surface area (Å²) in [7, 11) is -0.719. The van der Waals surface area contributed by atoms with Gasteiger partial charge in [-0.1, -0.05) is 12.1 Å². The van der Waals surface area contributed by atoms with Crippen LogP contribution in [0.15, 0.2) is 34.2 Å². The second-order valence-electron chi connectivity index (χ2n) is 4.57. The van der Waals surface area contributed by atoms with Gasteiger partial charge in [0.2, 0.25) is 10.0 Å². The lowest BCUT2D eigenvalue weighted by Crippen LogP contribution is -2.38. The van der Waals surface area contributed by atoms with Gasteiger partial charge in [0.15, 0.2) is 5.96 Å². The summed E-state index contributed by atoms with van der Waals surface area (Å²) in [4.78, 5) is 3.95. The lowest BCUT2D eigenvalue weighted by atomic mass is 10.2. The number of rotatable bonds is 6. The van der Waals surface area contributed by atoms with E-state index in [-0.39, 0.29) is 41.4 Å². The van der Waals surface area contributed by atoms with E-state index in [0.29, 0.717) is 6.54 Å². The van der Waals surface area contributed by atoms with Crippen molar-refractivity contribution >= 4 is 40.0 Å². The number of nitrogens with zero attached hydrogens (tertiary/aromatic N) is 1. The average molecular weight is 480 g/mol. The minimum Gasteiger partial charge on any atom is -0.356 e. The molecule has 0 aliphatic rings. The van der Waals surface area contributed by atoms with Crippen LogP contribution in [0.25, 0.3) is 0 Å².